The van der Waals surface area contributed by atoms with Gasteiger partial charge in [0.05, 0.1) is 5.69 Å². The Bertz CT molecular complexity index is 786. The third-order valence-electron chi connectivity index (χ3n) is 4.16. The topological polar surface area (TPSA) is 73.1 Å². The van der Waals surface area contributed by atoms with Crippen LogP contribution in [0.1, 0.15) is 24.6 Å². The summed E-state index contributed by atoms with van der Waals surface area (Å²) >= 11 is 0. The van der Waals surface area contributed by atoms with Crippen LogP contribution < -0.4 is 5.73 Å². The number of anilines is 1. The van der Waals surface area contributed by atoms with Gasteiger partial charge in [0.1, 0.15) is 11.3 Å². The number of hydrogen-bond donors (Lipinski definition) is 1. The quantitative estimate of drug-likeness (QED) is 0.803. The molecule has 0 unspecified atom stereocenters. The molecule has 3 aromatic rings. The molecule has 6 heteroatoms. The number of nitrogens with zero attached hydrogens (tertiary/aromatic N) is 4. The van der Waals surface area contributed by atoms with Crippen molar-refractivity contribution in [2.24, 2.45) is 0 Å². The second-order valence-electron chi connectivity index (χ2n) is 5.71. The lowest BCUT2D eigenvalue weighted by Gasteiger charge is -2.25. The average Bonchev–Trinajstić information content (AvgIpc) is 3.09. The van der Waals surface area contributed by atoms with Crippen LogP contribution in [-0.2, 0) is 13.0 Å². The molecule has 1 aromatic carbocycles. The van der Waals surface area contributed by atoms with Gasteiger partial charge in [-0.2, -0.15) is 14.8 Å². The molecule has 1 aliphatic heterocycles. The van der Waals surface area contributed by atoms with E-state index in [0.717, 1.165) is 54.8 Å². The summed E-state index contributed by atoms with van der Waals surface area (Å²) in [5.74, 6) is 0.641. The molecule has 2 aromatic heterocycles. The van der Waals surface area contributed by atoms with E-state index in [-0.39, 0.29) is 0 Å². The van der Waals surface area contributed by atoms with E-state index in [2.05, 4.69) is 21.9 Å². The maximum absolute atomic E-state index is 6.31. The number of hydrogen-bond acceptors (Lipinski definition) is 5. The Hall–Kier alpha value is -2.34. The first-order valence-corrected chi connectivity index (χ1v) is 7.71. The second kappa shape index (κ2) is 5.14. The fourth-order valence-electron chi connectivity index (χ4n) is 3.05. The van der Waals surface area contributed by atoms with Gasteiger partial charge in [0.2, 0.25) is 0 Å². The summed E-state index contributed by atoms with van der Waals surface area (Å²) < 4.78 is 7.42. The Labute approximate surface area is 128 Å². The molecule has 3 heterocycles. The van der Waals surface area contributed by atoms with Crippen molar-refractivity contribution in [3.05, 3.63) is 35.5 Å². The molecule has 2 N–H and O–H groups in total. The largest absolute Gasteiger partial charge is 0.422 e. The van der Waals surface area contributed by atoms with E-state index in [4.69, 9.17) is 10.2 Å². The molecule has 6 nitrogen and oxygen atoms in total. The fraction of sp³-hybridized carbons (Fsp3) is 0.375. The van der Waals surface area contributed by atoms with Gasteiger partial charge in [0.25, 0.3) is 0 Å². The standard InChI is InChI=1S/C16H19N5O/c1-2-8-20-9-7-12-11(10-20)15(17)21(19-12)16-18-13-5-3-4-6-14(13)22-16/h3-6H,2,7-10,17H2,1H3. The van der Waals surface area contributed by atoms with E-state index in [9.17, 15) is 0 Å². The number of fused-ring (bicyclic) bond motifs is 2. The third-order valence-corrected chi connectivity index (χ3v) is 4.16. The van der Waals surface area contributed by atoms with Crippen molar-refractivity contribution >= 4 is 16.9 Å². The number of nitrogens with two attached hydrogens (primary N) is 1. The summed E-state index contributed by atoms with van der Waals surface area (Å²) in [5, 5.41) is 4.62. The maximum atomic E-state index is 6.31. The lowest BCUT2D eigenvalue weighted by atomic mass is 10.1. The normalized spacial score (nSPS) is 15.3. The molecule has 0 saturated carbocycles. The van der Waals surface area contributed by atoms with Crippen LogP contribution in [0.3, 0.4) is 0 Å². The number of benzene rings is 1. The highest BCUT2D eigenvalue weighted by Crippen LogP contribution is 2.27. The van der Waals surface area contributed by atoms with Crippen LogP contribution in [0.15, 0.2) is 28.7 Å². The molecular weight excluding hydrogens is 278 g/mol. The molecule has 0 spiro atoms. The van der Waals surface area contributed by atoms with Crippen LogP contribution in [0.4, 0.5) is 5.82 Å². The predicted molar refractivity (Wildman–Crippen MR) is 84.8 cm³/mol. The van der Waals surface area contributed by atoms with Crippen LogP contribution in [0.5, 0.6) is 0 Å². The summed E-state index contributed by atoms with van der Waals surface area (Å²) in [6.07, 6.45) is 2.07. The van der Waals surface area contributed by atoms with Crippen LogP contribution in [0.2, 0.25) is 0 Å². The van der Waals surface area contributed by atoms with Gasteiger partial charge >= 0.3 is 6.01 Å². The molecule has 0 aliphatic carbocycles. The number of para-hydroxylation sites is 2. The number of aromatic nitrogens is 3. The zero-order chi connectivity index (χ0) is 15.1. The van der Waals surface area contributed by atoms with Crippen LogP contribution >= 0.6 is 0 Å². The van der Waals surface area contributed by atoms with Crippen LogP contribution in [-0.4, -0.2) is 32.8 Å². The lowest BCUT2D eigenvalue weighted by molar-refractivity contribution is 0.254. The molecule has 1 aliphatic rings. The van der Waals surface area contributed by atoms with E-state index in [0.29, 0.717) is 11.8 Å². The van der Waals surface area contributed by atoms with Crippen molar-refractivity contribution in [2.45, 2.75) is 26.3 Å². The summed E-state index contributed by atoms with van der Waals surface area (Å²) in [5.41, 5.74) is 10.1. The zero-order valence-electron chi connectivity index (χ0n) is 12.6. The van der Waals surface area contributed by atoms with E-state index in [1.54, 1.807) is 4.68 Å². The van der Waals surface area contributed by atoms with Gasteiger partial charge in [-0.3, -0.25) is 4.90 Å². The molecule has 114 valence electrons. The van der Waals surface area contributed by atoms with Crippen molar-refractivity contribution in [1.82, 2.24) is 19.7 Å². The molecule has 0 saturated heterocycles. The van der Waals surface area contributed by atoms with E-state index >= 15 is 0 Å². The van der Waals surface area contributed by atoms with Crippen molar-refractivity contribution in [3.63, 3.8) is 0 Å². The Balaban J connectivity index is 1.74. The van der Waals surface area contributed by atoms with Crippen molar-refractivity contribution in [3.8, 4) is 6.01 Å². The maximum Gasteiger partial charge on any atom is 0.325 e. The van der Waals surface area contributed by atoms with Crippen molar-refractivity contribution < 1.29 is 4.42 Å². The first-order chi connectivity index (χ1) is 10.8. The van der Waals surface area contributed by atoms with E-state index < -0.39 is 0 Å². The molecule has 4 rings (SSSR count). The Morgan fingerprint density at radius 1 is 1.32 bits per heavy atom. The highest BCUT2D eigenvalue weighted by Gasteiger charge is 2.25. The SMILES string of the molecule is CCCN1CCc2nn(-c3nc4ccccc4o3)c(N)c2C1. The van der Waals surface area contributed by atoms with Gasteiger partial charge in [-0.25, -0.2) is 0 Å². The molecule has 0 amide bonds. The molecule has 0 bridgehead atoms. The summed E-state index contributed by atoms with van der Waals surface area (Å²) in [6.45, 7) is 5.17. The van der Waals surface area contributed by atoms with Crippen molar-refractivity contribution in [1.29, 1.82) is 0 Å². The van der Waals surface area contributed by atoms with Gasteiger partial charge in [0.15, 0.2) is 5.58 Å². The Morgan fingerprint density at radius 3 is 3.00 bits per heavy atom. The second-order valence-corrected chi connectivity index (χ2v) is 5.71. The van der Waals surface area contributed by atoms with Gasteiger partial charge in [0, 0.05) is 25.1 Å². The zero-order valence-corrected chi connectivity index (χ0v) is 12.6. The average molecular weight is 297 g/mol. The summed E-state index contributed by atoms with van der Waals surface area (Å²) in [7, 11) is 0. The smallest absolute Gasteiger partial charge is 0.325 e. The predicted octanol–water partition coefficient (Wildman–Crippen LogP) is 2.36. The Kier molecular flexibility index (Phi) is 3.11. The van der Waals surface area contributed by atoms with E-state index in [1.807, 2.05) is 24.3 Å². The number of nitrogen functional groups attached to an aromatic ring is 1. The van der Waals surface area contributed by atoms with Crippen molar-refractivity contribution in [2.75, 3.05) is 18.8 Å². The first kappa shape index (κ1) is 13.3. The van der Waals surface area contributed by atoms with Gasteiger partial charge in [-0.1, -0.05) is 19.1 Å². The molecule has 0 radical (unpaired) electrons. The van der Waals surface area contributed by atoms with Gasteiger partial charge < -0.3 is 10.2 Å². The molecule has 0 fully saturated rings. The minimum Gasteiger partial charge on any atom is -0.422 e. The third kappa shape index (κ3) is 2.07. The molecular formula is C16H19N5O. The Morgan fingerprint density at radius 2 is 2.18 bits per heavy atom. The molecule has 22 heavy (non-hydrogen) atoms. The summed E-state index contributed by atoms with van der Waals surface area (Å²) in [6, 6.07) is 8.13. The molecule has 0 atom stereocenters. The minimum absolute atomic E-state index is 0.440. The monoisotopic (exact) mass is 297 g/mol. The summed E-state index contributed by atoms with van der Waals surface area (Å²) in [4.78, 5) is 6.90. The van der Waals surface area contributed by atoms with E-state index in [1.165, 1.54) is 0 Å². The van der Waals surface area contributed by atoms with Crippen LogP contribution in [0.25, 0.3) is 17.1 Å². The minimum atomic E-state index is 0.440. The van der Waals surface area contributed by atoms with Gasteiger partial charge in [-0.05, 0) is 25.1 Å². The number of oxazole rings is 1. The number of rotatable bonds is 3. The van der Waals surface area contributed by atoms with Crippen LogP contribution in [0, 0.1) is 0 Å². The first-order valence-electron chi connectivity index (χ1n) is 7.71. The lowest BCUT2D eigenvalue weighted by Crippen LogP contribution is -2.31. The highest BCUT2D eigenvalue weighted by molar-refractivity contribution is 5.73. The highest BCUT2D eigenvalue weighted by atomic mass is 16.4. The van der Waals surface area contributed by atoms with Gasteiger partial charge in [-0.15, -0.1) is 0 Å². The fourth-order valence-corrected chi connectivity index (χ4v) is 3.05.